The number of benzene rings is 1. The number of hydrogen-bond acceptors (Lipinski definition) is 0. The molecule has 0 aromatic heterocycles. The van der Waals surface area contributed by atoms with E-state index in [2.05, 4.69) is 32.9 Å². The fraction of sp³-hybridized carbons (Fsp3) is 0.571. The van der Waals surface area contributed by atoms with Crippen molar-refractivity contribution >= 4 is 11.6 Å². The smallest absolute Gasteiger partial charge is 0.0283 e. The molecule has 1 aromatic rings. The Kier molecular flexibility index (Phi) is 2.81. The Hall–Kier alpha value is -0.490. The van der Waals surface area contributed by atoms with Crippen molar-refractivity contribution in [3.05, 3.63) is 34.4 Å². The lowest BCUT2D eigenvalue weighted by Gasteiger charge is -2.16. The van der Waals surface area contributed by atoms with Crippen molar-refractivity contribution in [2.75, 3.05) is 5.88 Å². The molecular weight excluding hydrogens is 204 g/mol. The predicted octanol–water partition coefficient (Wildman–Crippen LogP) is 4.17. The van der Waals surface area contributed by atoms with Crippen molar-refractivity contribution in [3.63, 3.8) is 0 Å². The molecule has 0 bridgehead atoms. The maximum absolute atomic E-state index is 6.04. The van der Waals surface area contributed by atoms with Crippen molar-refractivity contribution in [1.82, 2.24) is 0 Å². The first-order valence-electron chi connectivity index (χ1n) is 5.69. The quantitative estimate of drug-likeness (QED) is 0.674. The summed E-state index contributed by atoms with van der Waals surface area (Å²) in [5.41, 5.74) is 6.20. The van der Waals surface area contributed by atoms with Crippen LogP contribution in [0.5, 0.6) is 0 Å². The zero-order chi connectivity index (χ0) is 11.1. The van der Waals surface area contributed by atoms with Crippen LogP contribution in [0.1, 0.15) is 35.1 Å². The third-order valence-corrected chi connectivity index (χ3v) is 4.20. The lowest BCUT2D eigenvalue weighted by atomic mass is 9.90. The van der Waals surface area contributed by atoms with Crippen LogP contribution in [0, 0.1) is 26.2 Å². The predicted molar refractivity (Wildman–Crippen MR) is 66.7 cm³/mol. The Morgan fingerprint density at radius 1 is 1.13 bits per heavy atom. The van der Waals surface area contributed by atoms with Gasteiger partial charge in [0.2, 0.25) is 0 Å². The number of halogens is 1. The summed E-state index contributed by atoms with van der Waals surface area (Å²) >= 11 is 6.04. The normalized spacial score (nSPS) is 17.9. The fourth-order valence-corrected chi connectivity index (χ4v) is 2.76. The zero-order valence-corrected chi connectivity index (χ0v) is 10.6. The Morgan fingerprint density at radius 3 is 2.07 bits per heavy atom. The van der Waals surface area contributed by atoms with Crippen molar-refractivity contribution in [3.8, 4) is 0 Å². The molecule has 0 heterocycles. The van der Waals surface area contributed by atoms with Crippen molar-refractivity contribution < 1.29 is 0 Å². The number of rotatable bonds is 3. The van der Waals surface area contributed by atoms with Crippen LogP contribution in [0.15, 0.2) is 12.1 Å². The fourth-order valence-electron chi connectivity index (χ4n) is 2.40. The van der Waals surface area contributed by atoms with Gasteiger partial charge in [0.05, 0.1) is 0 Å². The molecular formula is C14H19Cl. The Morgan fingerprint density at radius 2 is 1.67 bits per heavy atom. The molecule has 1 saturated carbocycles. The summed E-state index contributed by atoms with van der Waals surface area (Å²) in [6, 6.07) is 4.57. The van der Waals surface area contributed by atoms with Gasteiger partial charge in [-0.05, 0) is 62.1 Å². The number of aryl methyl sites for hydroxylation is 3. The highest BCUT2D eigenvalue weighted by Gasteiger charge is 2.42. The summed E-state index contributed by atoms with van der Waals surface area (Å²) in [5.74, 6) is 0.819. The highest BCUT2D eigenvalue weighted by molar-refractivity contribution is 6.18. The molecule has 1 heteroatoms. The molecule has 1 fully saturated rings. The average Bonchev–Trinajstić information content (AvgIpc) is 2.92. The van der Waals surface area contributed by atoms with Crippen LogP contribution in [-0.2, 0) is 6.42 Å². The lowest BCUT2D eigenvalue weighted by Crippen LogP contribution is -2.09. The highest BCUT2D eigenvalue weighted by Crippen LogP contribution is 2.49. The Bertz CT molecular complexity index is 352. The van der Waals surface area contributed by atoms with Gasteiger partial charge in [-0.1, -0.05) is 17.7 Å². The molecule has 82 valence electrons. The van der Waals surface area contributed by atoms with Gasteiger partial charge in [0, 0.05) is 5.88 Å². The third-order valence-electron chi connectivity index (χ3n) is 3.63. The summed E-state index contributed by atoms with van der Waals surface area (Å²) in [6.07, 6.45) is 3.79. The van der Waals surface area contributed by atoms with E-state index in [0.29, 0.717) is 5.41 Å². The van der Waals surface area contributed by atoms with E-state index in [1.54, 1.807) is 0 Å². The van der Waals surface area contributed by atoms with Gasteiger partial charge in [-0.15, -0.1) is 11.6 Å². The van der Waals surface area contributed by atoms with E-state index in [9.17, 15) is 0 Å². The largest absolute Gasteiger partial charge is 0.126 e. The second-order valence-electron chi connectivity index (χ2n) is 5.19. The highest BCUT2D eigenvalue weighted by atomic mass is 35.5. The minimum absolute atomic E-state index is 0.437. The van der Waals surface area contributed by atoms with Gasteiger partial charge in [-0.3, -0.25) is 0 Å². The van der Waals surface area contributed by atoms with Crippen LogP contribution >= 0.6 is 11.6 Å². The molecule has 0 amide bonds. The van der Waals surface area contributed by atoms with Gasteiger partial charge in [-0.2, -0.15) is 0 Å². The average molecular weight is 223 g/mol. The topological polar surface area (TPSA) is 0 Å². The van der Waals surface area contributed by atoms with Crippen LogP contribution in [0.2, 0.25) is 0 Å². The molecule has 2 rings (SSSR count). The first-order chi connectivity index (χ1) is 7.06. The van der Waals surface area contributed by atoms with Gasteiger partial charge >= 0.3 is 0 Å². The monoisotopic (exact) mass is 222 g/mol. The maximum atomic E-state index is 6.04. The molecule has 1 aromatic carbocycles. The molecule has 0 nitrogen and oxygen atoms in total. The Labute approximate surface area is 97.6 Å². The second kappa shape index (κ2) is 3.83. The Balaban J connectivity index is 2.28. The number of hydrogen-bond donors (Lipinski definition) is 0. The minimum Gasteiger partial charge on any atom is -0.126 e. The van der Waals surface area contributed by atoms with E-state index in [0.717, 1.165) is 5.88 Å². The van der Waals surface area contributed by atoms with Gasteiger partial charge < -0.3 is 0 Å². The molecule has 1 aliphatic rings. The summed E-state index contributed by atoms with van der Waals surface area (Å²) in [4.78, 5) is 0. The molecule has 0 spiro atoms. The van der Waals surface area contributed by atoms with Gasteiger partial charge in [0.1, 0.15) is 0 Å². The van der Waals surface area contributed by atoms with Gasteiger partial charge in [0.15, 0.2) is 0 Å². The summed E-state index contributed by atoms with van der Waals surface area (Å²) in [5, 5.41) is 0. The van der Waals surface area contributed by atoms with E-state index in [1.165, 1.54) is 41.5 Å². The van der Waals surface area contributed by atoms with Crippen molar-refractivity contribution in [2.24, 2.45) is 5.41 Å². The van der Waals surface area contributed by atoms with Crippen LogP contribution in [0.3, 0.4) is 0 Å². The molecule has 15 heavy (non-hydrogen) atoms. The number of alkyl halides is 1. The maximum Gasteiger partial charge on any atom is 0.0283 e. The molecule has 0 N–H and O–H groups in total. The van der Waals surface area contributed by atoms with E-state index >= 15 is 0 Å². The zero-order valence-electron chi connectivity index (χ0n) is 9.86. The molecule has 0 radical (unpaired) electrons. The molecule has 1 aliphatic carbocycles. The van der Waals surface area contributed by atoms with Crippen molar-refractivity contribution in [1.29, 1.82) is 0 Å². The van der Waals surface area contributed by atoms with Crippen LogP contribution < -0.4 is 0 Å². The van der Waals surface area contributed by atoms with Crippen molar-refractivity contribution in [2.45, 2.75) is 40.0 Å². The molecule has 0 unspecified atom stereocenters. The van der Waals surface area contributed by atoms with E-state index in [4.69, 9.17) is 11.6 Å². The van der Waals surface area contributed by atoms with Gasteiger partial charge in [0.25, 0.3) is 0 Å². The van der Waals surface area contributed by atoms with E-state index in [-0.39, 0.29) is 0 Å². The molecule has 0 aliphatic heterocycles. The van der Waals surface area contributed by atoms with E-state index < -0.39 is 0 Å². The third kappa shape index (κ3) is 2.20. The summed E-state index contributed by atoms with van der Waals surface area (Å²) in [7, 11) is 0. The summed E-state index contributed by atoms with van der Waals surface area (Å²) in [6.45, 7) is 6.61. The van der Waals surface area contributed by atoms with E-state index in [1.807, 2.05) is 0 Å². The lowest BCUT2D eigenvalue weighted by molar-refractivity contribution is 0.574. The van der Waals surface area contributed by atoms with Crippen LogP contribution in [0.4, 0.5) is 0 Å². The minimum atomic E-state index is 0.437. The second-order valence-corrected chi connectivity index (χ2v) is 5.45. The SMILES string of the molecule is Cc1cc(C)c(CC2(CCl)CC2)c(C)c1. The first kappa shape index (κ1) is 11.0. The molecule has 0 saturated heterocycles. The van der Waals surface area contributed by atoms with Crippen LogP contribution in [0.25, 0.3) is 0 Å². The molecule has 0 atom stereocenters. The first-order valence-corrected chi connectivity index (χ1v) is 6.22. The summed E-state index contributed by atoms with van der Waals surface area (Å²) < 4.78 is 0. The van der Waals surface area contributed by atoms with Crippen LogP contribution in [-0.4, -0.2) is 5.88 Å². The van der Waals surface area contributed by atoms with Gasteiger partial charge in [-0.25, -0.2) is 0 Å². The standard InChI is InChI=1S/C14H19Cl/c1-10-6-11(2)13(12(3)7-10)8-14(9-15)4-5-14/h6-7H,4-5,8-9H2,1-3H3.